The van der Waals surface area contributed by atoms with Crippen LogP contribution in [0.15, 0.2) is 33.7 Å². The number of H-pyrrole nitrogens is 1. The van der Waals surface area contributed by atoms with E-state index in [1.165, 1.54) is 0 Å². The van der Waals surface area contributed by atoms with Gasteiger partial charge in [-0.1, -0.05) is 15.9 Å². The standard InChI is InChI=1S/C18H19BrN4O3/c19-11-3-6-14-13(7-11)16-15(9-20-14)22-17(24)23(16)12-4-1-10(2-5-12)8-21-18(25)26/h3,6-7,9-10,12,21H,1-2,4-5,8H2,(H,22,24)(H,25,26). The van der Waals surface area contributed by atoms with Crippen molar-refractivity contribution in [3.8, 4) is 0 Å². The van der Waals surface area contributed by atoms with Crippen molar-refractivity contribution in [2.24, 2.45) is 5.92 Å². The molecule has 0 atom stereocenters. The maximum absolute atomic E-state index is 12.6. The number of nitrogens with zero attached hydrogens (tertiary/aromatic N) is 2. The van der Waals surface area contributed by atoms with Crippen LogP contribution in [0.3, 0.4) is 0 Å². The maximum Gasteiger partial charge on any atom is 0.404 e. The zero-order chi connectivity index (χ0) is 18.3. The van der Waals surface area contributed by atoms with Gasteiger partial charge in [0.2, 0.25) is 0 Å². The Hall–Kier alpha value is -2.35. The van der Waals surface area contributed by atoms with Gasteiger partial charge in [0.25, 0.3) is 0 Å². The zero-order valence-corrected chi connectivity index (χ0v) is 15.6. The highest BCUT2D eigenvalue weighted by Gasteiger charge is 2.26. The lowest BCUT2D eigenvalue weighted by molar-refractivity contribution is 0.188. The largest absolute Gasteiger partial charge is 0.465 e. The molecular weight excluding hydrogens is 400 g/mol. The Labute approximate surface area is 157 Å². The molecule has 0 saturated heterocycles. The quantitative estimate of drug-likeness (QED) is 0.604. The van der Waals surface area contributed by atoms with Gasteiger partial charge in [0.05, 0.1) is 22.7 Å². The molecule has 3 N–H and O–H groups in total. The molecule has 1 saturated carbocycles. The average molecular weight is 419 g/mol. The number of amides is 1. The van der Waals surface area contributed by atoms with Gasteiger partial charge in [-0.15, -0.1) is 0 Å². The summed E-state index contributed by atoms with van der Waals surface area (Å²) in [7, 11) is 0. The highest BCUT2D eigenvalue weighted by molar-refractivity contribution is 9.10. The van der Waals surface area contributed by atoms with Crippen molar-refractivity contribution in [3.05, 3.63) is 39.4 Å². The minimum atomic E-state index is -0.982. The van der Waals surface area contributed by atoms with Gasteiger partial charge in [0.15, 0.2) is 0 Å². The third kappa shape index (κ3) is 3.09. The van der Waals surface area contributed by atoms with Crippen molar-refractivity contribution < 1.29 is 9.90 Å². The van der Waals surface area contributed by atoms with Crippen LogP contribution >= 0.6 is 15.9 Å². The summed E-state index contributed by atoms with van der Waals surface area (Å²) < 4.78 is 2.81. The number of aromatic amines is 1. The van der Waals surface area contributed by atoms with Gasteiger partial charge in [0.1, 0.15) is 0 Å². The predicted molar refractivity (Wildman–Crippen MR) is 103 cm³/mol. The van der Waals surface area contributed by atoms with Gasteiger partial charge in [0, 0.05) is 22.4 Å². The Bertz CT molecular complexity index is 1030. The van der Waals surface area contributed by atoms with E-state index in [0.717, 1.165) is 52.1 Å². The Morgan fingerprint density at radius 1 is 1.35 bits per heavy atom. The number of halogens is 1. The van der Waals surface area contributed by atoms with Crippen LogP contribution in [0.5, 0.6) is 0 Å². The first-order chi connectivity index (χ1) is 12.5. The molecule has 136 valence electrons. The normalized spacial score (nSPS) is 20.5. The maximum atomic E-state index is 12.6. The number of benzene rings is 1. The van der Waals surface area contributed by atoms with Crippen LogP contribution < -0.4 is 11.0 Å². The Balaban J connectivity index is 1.69. The van der Waals surface area contributed by atoms with Crippen molar-refractivity contribution in [2.45, 2.75) is 31.7 Å². The second kappa shape index (κ2) is 6.75. The van der Waals surface area contributed by atoms with E-state index in [-0.39, 0.29) is 11.7 Å². The smallest absolute Gasteiger partial charge is 0.404 e. The van der Waals surface area contributed by atoms with Gasteiger partial charge in [-0.25, -0.2) is 9.59 Å². The summed E-state index contributed by atoms with van der Waals surface area (Å²) >= 11 is 3.50. The zero-order valence-electron chi connectivity index (χ0n) is 14.0. The SMILES string of the molecule is O=C(O)NCC1CCC(n2c(=O)[nH]c3cnc4ccc(Br)cc4c32)CC1. The summed E-state index contributed by atoms with van der Waals surface area (Å²) in [5.74, 6) is 0.329. The summed E-state index contributed by atoms with van der Waals surface area (Å²) in [6.07, 6.45) is 4.25. The van der Waals surface area contributed by atoms with Crippen LogP contribution in [0.2, 0.25) is 0 Å². The lowest BCUT2D eigenvalue weighted by Gasteiger charge is -2.29. The number of carbonyl (C=O) groups is 1. The van der Waals surface area contributed by atoms with Crippen LogP contribution in [-0.4, -0.2) is 32.3 Å². The van der Waals surface area contributed by atoms with Crippen molar-refractivity contribution in [1.82, 2.24) is 19.9 Å². The Morgan fingerprint density at radius 3 is 2.85 bits per heavy atom. The summed E-state index contributed by atoms with van der Waals surface area (Å²) in [6.45, 7) is 0.477. The molecule has 4 rings (SSSR count). The fraction of sp³-hybridized carbons (Fsp3) is 0.389. The first-order valence-corrected chi connectivity index (χ1v) is 9.47. The first kappa shape index (κ1) is 17.1. The number of aromatic nitrogens is 3. The number of rotatable bonds is 3. The van der Waals surface area contributed by atoms with Crippen molar-refractivity contribution in [1.29, 1.82) is 0 Å². The minimum absolute atomic E-state index is 0.110. The molecule has 2 heterocycles. The van der Waals surface area contributed by atoms with Gasteiger partial charge < -0.3 is 15.4 Å². The van der Waals surface area contributed by atoms with Gasteiger partial charge in [-0.3, -0.25) is 9.55 Å². The molecule has 0 unspecified atom stereocenters. The minimum Gasteiger partial charge on any atom is -0.465 e. The molecular formula is C18H19BrN4O3. The molecule has 0 bridgehead atoms. The molecule has 1 amide bonds. The summed E-state index contributed by atoms with van der Waals surface area (Å²) in [5, 5.41) is 12.2. The van der Waals surface area contributed by atoms with Crippen LogP contribution in [0.4, 0.5) is 4.79 Å². The molecule has 2 aromatic heterocycles. The molecule has 0 spiro atoms. The highest BCUT2D eigenvalue weighted by Crippen LogP contribution is 2.34. The molecule has 1 aliphatic rings. The predicted octanol–water partition coefficient (Wildman–Crippen LogP) is 3.64. The van der Waals surface area contributed by atoms with Crippen LogP contribution in [0, 0.1) is 5.92 Å². The van der Waals surface area contributed by atoms with E-state index >= 15 is 0 Å². The van der Waals surface area contributed by atoms with Crippen LogP contribution in [0.25, 0.3) is 21.9 Å². The van der Waals surface area contributed by atoms with Gasteiger partial charge >= 0.3 is 11.8 Å². The first-order valence-electron chi connectivity index (χ1n) is 8.68. The molecule has 26 heavy (non-hydrogen) atoms. The number of hydrogen-bond acceptors (Lipinski definition) is 3. The molecule has 7 nitrogen and oxygen atoms in total. The molecule has 1 aliphatic carbocycles. The second-order valence-electron chi connectivity index (χ2n) is 6.84. The molecule has 1 aromatic carbocycles. The molecule has 0 radical (unpaired) electrons. The number of carboxylic acid groups (broad SMARTS) is 1. The summed E-state index contributed by atoms with van der Waals surface area (Å²) in [6, 6.07) is 5.99. The van der Waals surface area contributed by atoms with E-state index in [2.05, 4.69) is 31.2 Å². The lowest BCUT2D eigenvalue weighted by Crippen LogP contribution is -2.32. The Kier molecular flexibility index (Phi) is 4.44. The summed E-state index contributed by atoms with van der Waals surface area (Å²) in [5.41, 5.74) is 2.39. The molecule has 0 aliphatic heterocycles. The monoisotopic (exact) mass is 418 g/mol. The van der Waals surface area contributed by atoms with Crippen molar-refractivity contribution in [3.63, 3.8) is 0 Å². The van der Waals surface area contributed by atoms with E-state index in [4.69, 9.17) is 5.11 Å². The highest BCUT2D eigenvalue weighted by atomic mass is 79.9. The fourth-order valence-electron chi connectivity index (χ4n) is 3.97. The van der Waals surface area contributed by atoms with Crippen molar-refractivity contribution >= 4 is 44.0 Å². The van der Waals surface area contributed by atoms with E-state index in [0.29, 0.717) is 12.5 Å². The lowest BCUT2D eigenvalue weighted by atomic mass is 9.86. The number of pyridine rings is 1. The van der Waals surface area contributed by atoms with Crippen LogP contribution in [0.1, 0.15) is 31.7 Å². The Morgan fingerprint density at radius 2 is 2.12 bits per heavy atom. The number of fused-ring (bicyclic) bond motifs is 3. The summed E-state index contributed by atoms with van der Waals surface area (Å²) in [4.78, 5) is 30.7. The topological polar surface area (TPSA) is 100 Å². The van der Waals surface area contributed by atoms with E-state index < -0.39 is 6.09 Å². The van der Waals surface area contributed by atoms with E-state index in [9.17, 15) is 9.59 Å². The fourth-order valence-corrected chi connectivity index (χ4v) is 4.33. The van der Waals surface area contributed by atoms with Crippen molar-refractivity contribution in [2.75, 3.05) is 6.54 Å². The number of nitrogens with one attached hydrogen (secondary N) is 2. The average Bonchev–Trinajstić information content (AvgIpc) is 2.96. The van der Waals surface area contributed by atoms with E-state index in [1.54, 1.807) is 6.20 Å². The number of hydrogen-bond donors (Lipinski definition) is 3. The third-order valence-electron chi connectivity index (χ3n) is 5.23. The molecule has 1 fully saturated rings. The molecule has 8 heteroatoms. The van der Waals surface area contributed by atoms with Gasteiger partial charge in [-0.2, -0.15) is 0 Å². The molecule has 3 aromatic rings. The second-order valence-corrected chi connectivity index (χ2v) is 7.76. The number of imidazole rings is 1. The van der Waals surface area contributed by atoms with Gasteiger partial charge in [-0.05, 0) is 49.8 Å². The van der Waals surface area contributed by atoms with Crippen LogP contribution in [-0.2, 0) is 0 Å². The van der Waals surface area contributed by atoms with E-state index in [1.807, 2.05) is 22.8 Å². The third-order valence-corrected chi connectivity index (χ3v) is 5.72.